The molecule has 0 unspecified atom stereocenters. The number of ether oxygens (including phenoxy) is 2. The van der Waals surface area contributed by atoms with E-state index < -0.39 is 11.8 Å². The number of carbonyl (C=O) groups is 1. The lowest BCUT2D eigenvalue weighted by molar-refractivity contribution is 0.252. The van der Waals surface area contributed by atoms with E-state index in [0.29, 0.717) is 29.3 Å². The van der Waals surface area contributed by atoms with Gasteiger partial charge in [0.15, 0.2) is 0 Å². The van der Waals surface area contributed by atoms with Crippen LogP contribution in [0.15, 0.2) is 48.7 Å². The van der Waals surface area contributed by atoms with Crippen molar-refractivity contribution in [1.29, 1.82) is 0 Å². The van der Waals surface area contributed by atoms with Crippen LogP contribution in [-0.4, -0.2) is 24.7 Å². The Bertz CT molecular complexity index is 946. The Morgan fingerprint density at radius 1 is 1.15 bits per heavy atom. The predicted octanol–water partition coefficient (Wildman–Crippen LogP) is 4.32. The first kappa shape index (κ1) is 17.5. The molecule has 6 nitrogen and oxygen atoms in total. The topological polar surface area (TPSA) is 72.5 Å². The number of hydrogen-bond donors (Lipinski definition) is 2. The summed E-state index contributed by atoms with van der Waals surface area (Å²) in [5.41, 5.74) is 0.782. The minimum Gasteiger partial charge on any atom is -0.497 e. The van der Waals surface area contributed by atoms with Crippen molar-refractivity contribution >= 4 is 22.6 Å². The number of benzene rings is 2. The first-order valence-corrected chi connectivity index (χ1v) is 8.05. The van der Waals surface area contributed by atoms with Gasteiger partial charge < -0.3 is 20.1 Å². The van der Waals surface area contributed by atoms with Gasteiger partial charge in [0.1, 0.15) is 23.1 Å². The van der Waals surface area contributed by atoms with E-state index in [4.69, 9.17) is 9.47 Å². The fourth-order valence-corrected chi connectivity index (χ4v) is 2.43. The molecule has 0 spiro atoms. The fourth-order valence-electron chi connectivity index (χ4n) is 2.43. The average Bonchev–Trinajstić information content (AvgIpc) is 2.64. The molecule has 0 fully saturated rings. The van der Waals surface area contributed by atoms with Gasteiger partial charge in [0.25, 0.3) is 0 Å². The Hall–Kier alpha value is -3.35. The molecule has 0 atom stereocenters. The molecule has 2 aromatic carbocycles. The predicted molar refractivity (Wildman–Crippen MR) is 97.5 cm³/mol. The Labute approximate surface area is 150 Å². The molecule has 2 amide bonds. The Morgan fingerprint density at radius 2 is 1.96 bits per heavy atom. The number of anilines is 1. The lowest BCUT2D eigenvalue weighted by Gasteiger charge is -2.11. The van der Waals surface area contributed by atoms with Crippen molar-refractivity contribution in [3.63, 3.8) is 0 Å². The van der Waals surface area contributed by atoms with E-state index in [1.807, 2.05) is 6.07 Å². The van der Waals surface area contributed by atoms with E-state index in [9.17, 15) is 9.18 Å². The molecule has 0 radical (unpaired) electrons. The molecule has 26 heavy (non-hydrogen) atoms. The third-order valence-corrected chi connectivity index (χ3v) is 3.66. The van der Waals surface area contributed by atoms with Gasteiger partial charge >= 0.3 is 6.03 Å². The first-order valence-electron chi connectivity index (χ1n) is 8.05. The number of hydrogen-bond acceptors (Lipinski definition) is 4. The molecule has 0 saturated heterocycles. The highest BCUT2D eigenvalue weighted by Gasteiger charge is 2.10. The average molecular weight is 355 g/mol. The second-order valence-electron chi connectivity index (χ2n) is 5.42. The second kappa shape index (κ2) is 7.69. The maximum atomic E-state index is 14.2. The van der Waals surface area contributed by atoms with Crippen molar-refractivity contribution in [3.8, 4) is 17.2 Å². The zero-order chi connectivity index (χ0) is 18.5. The van der Waals surface area contributed by atoms with Gasteiger partial charge in [-0.3, -0.25) is 4.98 Å². The van der Waals surface area contributed by atoms with Gasteiger partial charge in [-0.25, -0.2) is 9.18 Å². The highest BCUT2D eigenvalue weighted by atomic mass is 19.1. The maximum Gasteiger partial charge on any atom is 0.319 e. The summed E-state index contributed by atoms with van der Waals surface area (Å²) >= 11 is 0. The van der Waals surface area contributed by atoms with Crippen molar-refractivity contribution < 1.29 is 18.7 Å². The number of nitrogens with one attached hydrogen (secondary N) is 2. The molecule has 0 bridgehead atoms. The van der Waals surface area contributed by atoms with Crippen molar-refractivity contribution in [1.82, 2.24) is 10.3 Å². The summed E-state index contributed by atoms with van der Waals surface area (Å²) in [5, 5.41) is 5.76. The van der Waals surface area contributed by atoms with Crippen LogP contribution in [0.4, 0.5) is 14.9 Å². The highest BCUT2D eigenvalue weighted by molar-refractivity contribution is 5.89. The monoisotopic (exact) mass is 355 g/mol. The van der Waals surface area contributed by atoms with Crippen LogP contribution in [0.2, 0.25) is 0 Å². The van der Waals surface area contributed by atoms with Gasteiger partial charge in [0.05, 0.1) is 18.3 Å². The quantitative estimate of drug-likeness (QED) is 0.715. The first-order chi connectivity index (χ1) is 12.6. The van der Waals surface area contributed by atoms with Gasteiger partial charge in [0, 0.05) is 30.3 Å². The number of pyridine rings is 1. The van der Waals surface area contributed by atoms with E-state index in [1.165, 1.54) is 12.1 Å². The Balaban J connectivity index is 1.84. The molecule has 0 saturated carbocycles. The number of nitrogens with zero attached hydrogens (tertiary/aromatic N) is 1. The van der Waals surface area contributed by atoms with Crippen LogP contribution < -0.4 is 20.1 Å². The molecule has 0 aliphatic rings. The van der Waals surface area contributed by atoms with E-state index >= 15 is 0 Å². The lowest BCUT2D eigenvalue weighted by Crippen LogP contribution is -2.28. The third kappa shape index (κ3) is 3.83. The van der Waals surface area contributed by atoms with E-state index in [1.54, 1.807) is 44.5 Å². The van der Waals surface area contributed by atoms with Crippen LogP contribution in [0.1, 0.15) is 6.92 Å². The van der Waals surface area contributed by atoms with Crippen LogP contribution in [-0.2, 0) is 0 Å². The van der Waals surface area contributed by atoms with Crippen molar-refractivity contribution in [2.45, 2.75) is 6.92 Å². The normalized spacial score (nSPS) is 10.4. The number of carbonyl (C=O) groups excluding carboxylic acids is 1. The number of halogens is 1. The summed E-state index contributed by atoms with van der Waals surface area (Å²) in [5.74, 6) is 0.955. The summed E-state index contributed by atoms with van der Waals surface area (Å²) in [6.07, 6.45) is 1.61. The van der Waals surface area contributed by atoms with E-state index in [-0.39, 0.29) is 5.69 Å². The zero-order valence-corrected chi connectivity index (χ0v) is 14.4. The Kier molecular flexibility index (Phi) is 5.17. The van der Waals surface area contributed by atoms with Gasteiger partial charge in [0.2, 0.25) is 0 Å². The molecule has 134 valence electrons. The minimum absolute atomic E-state index is 0.0765. The SMILES string of the molecule is CCNC(=O)Nc1ccc(Oc2ccnc3cc(OC)ccc23)cc1F. The summed E-state index contributed by atoms with van der Waals surface area (Å²) in [7, 11) is 1.58. The molecule has 3 aromatic rings. The number of fused-ring (bicyclic) bond motifs is 1. The Morgan fingerprint density at radius 3 is 2.69 bits per heavy atom. The van der Waals surface area contributed by atoms with Crippen LogP contribution in [0.3, 0.4) is 0 Å². The molecule has 1 heterocycles. The second-order valence-corrected chi connectivity index (χ2v) is 5.42. The van der Waals surface area contributed by atoms with Crippen LogP contribution in [0.5, 0.6) is 17.2 Å². The van der Waals surface area contributed by atoms with Crippen molar-refractivity contribution in [2.24, 2.45) is 0 Å². The molecular formula is C19H18FN3O3. The molecule has 7 heteroatoms. The molecular weight excluding hydrogens is 337 g/mol. The van der Waals surface area contributed by atoms with Gasteiger partial charge in [-0.15, -0.1) is 0 Å². The molecule has 3 rings (SSSR count). The van der Waals surface area contributed by atoms with E-state index in [0.717, 1.165) is 5.39 Å². The summed E-state index contributed by atoms with van der Waals surface area (Å²) in [4.78, 5) is 15.8. The van der Waals surface area contributed by atoms with Gasteiger partial charge in [-0.05, 0) is 37.3 Å². The van der Waals surface area contributed by atoms with Gasteiger partial charge in [-0.2, -0.15) is 0 Å². The zero-order valence-electron chi connectivity index (χ0n) is 14.4. The van der Waals surface area contributed by atoms with E-state index in [2.05, 4.69) is 15.6 Å². The maximum absolute atomic E-state index is 14.2. The molecule has 0 aliphatic carbocycles. The highest BCUT2D eigenvalue weighted by Crippen LogP contribution is 2.32. The van der Waals surface area contributed by atoms with Crippen LogP contribution in [0, 0.1) is 5.82 Å². The number of rotatable bonds is 5. The standard InChI is InChI=1S/C19H18FN3O3/c1-3-21-19(24)23-16-7-5-13(10-15(16)20)26-18-8-9-22-17-11-12(25-2)4-6-14(17)18/h4-11H,3H2,1-2H3,(H2,21,23,24). The van der Waals surface area contributed by atoms with Crippen LogP contribution >= 0.6 is 0 Å². The number of amides is 2. The molecule has 2 N–H and O–H groups in total. The summed E-state index contributed by atoms with van der Waals surface area (Å²) in [6.45, 7) is 2.23. The number of aromatic nitrogens is 1. The summed E-state index contributed by atoms with van der Waals surface area (Å²) in [6, 6.07) is 10.9. The van der Waals surface area contributed by atoms with Crippen molar-refractivity contribution in [3.05, 3.63) is 54.5 Å². The smallest absolute Gasteiger partial charge is 0.319 e. The third-order valence-electron chi connectivity index (χ3n) is 3.66. The fraction of sp³-hybridized carbons (Fsp3) is 0.158. The summed E-state index contributed by atoms with van der Waals surface area (Å²) < 4.78 is 25.2. The van der Waals surface area contributed by atoms with Crippen molar-refractivity contribution in [2.75, 3.05) is 19.0 Å². The molecule has 0 aliphatic heterocycles. The molecule has 1 aromatic heterocycles. The number of methoxy groups -OCH3 is 1. The van der Waals surface area contributed by atoms with Crippen LogP contribution in [0.25, 0.3) is 10.9 Å². The largest absolute Gasteiger partial charge is 0.497 e. The minimum atomic E-state index is -0.589. The number of urea groups is 1. The lowest BCUT2D eigenvalue weighted by atomic mass is 10.2. The van der Waals surface area contributed by atoms with Gasteiger partial charge in [-0.1, -0.05) is 0 Å².